The molecule has 0 unspecified atom stereocenters. The van der Waals surface area contributed by atoms with Crippen LogP contribution < -0.4 is 0 Å². The van der Waals surface area contributed by atoms with Gasteiger partial charge in [0.25, 0.3) is 0 Å². The second-order valence-corrected chi connectivity index (χ2v) is 4.34. The fourth-order valence-corrected chi connectivity index (χ4v) is 1.70. The van der Waals surface area contributed by atoms with Crippen LogP contribution in [-0.4, -0.2) is 0 Å². The number of rotatable bonds is 3. The number of alkyl halides is 1. The highest BCUT2D eigenvalue weighted by Gasteiger charge is 2.11. The Morgan fingerprint density at radius 1 is 1.29 bits per heavy atom. The summed E-state index contributed by atoms with van der Waals surface area (Å²) in [7, 11) is 0. The van der Waals surface area contributed by atoms with Crippen molar-refractivity contribution < 1.29 is 8.78 Å². The number of benzene rings is 1. The summed E-state index contributed by atoms with van der Waals surface area (Å²) in [5.41, 5.74) is 1.24. The molecular weight excluding hydrogens is 250 g/mol. The second kappa shape index (κ2) is 4.87. The van der Waals surface area contributed by atoms with Crippen molar-refractivity contribution in [2.75, 3.05) is 0 Å². The van der Waals surface area contributed by atoms with E-state index in [0.717, 1.165) is 5.56 Å². The van der Waals surface area contributed by atoms with Crippen molar-refractivity contribution in [3.05, 3.63) is 34.9 Å². The maximum atomic E-state index is 13.3. The molecule has 0 bridgehead atoms. The van der Waals surface area contributed by atoms with Crippen molar-refractivity contribution in [3.63, 3.8) is 0 Å². The molecule has 14 heavy (non-hydrogen) atoms. The Kier molecular flexibility index (Phi) is 4.05. The van der Waals surface area contributed by atoms with Gasteiger partial charge in [0, 0.05) is 5.33 Å². The van der Waals surface area contributed by atoms with E-state index in [2.05, 4.69) is 15.9 Å². The monoisotopic (exact) mass is 262 g/mol. The van der Waals surface area contributed by atoms with Crippen molar-refractivity contribution in [1.82, 2.24) is 0 Å². The van der Waals surface area contributed by atoms with E-state index in [-0.39, 0.29) is 0 Å². The smallest absolute Gasteiger partial charge is 0.162 e. The van der Waals surface area contributed by atoms with E-state index in [1.165, 1.54) is 6.07 Å². The molecule has 3 heteroatoms. The fourth-order valence-electron chi connectivity index (χ4n) is 1.37. The summed E-state index contributed by atoms with van der Waals surface area (Å²) in [6, 6.07) is 2.95. The van der Waals surface area contributed by atoms with Gasteiger partial charge in [0.05, 0.1) is 0 Å². The summed E-state index contributed by atoms with van der Waals surface area (Å²) in [5, 5.41) is 0.551. The van der Waals surface area contributed by atoms with Gasteiger partial charge in [0.2, 0.25) is 0 Å². The van der Waals surface area contributed by atoms with Crippen molar-refractivity contribution in [3.8, 4) is 0 Å². The first-order valence-corrected chi connectivity index (χ1v) is 5.69. The molecule has 1 aromatic rings. The maximum Gasteiger partial charge on any atom is 0.162 e. The Morgan fingerprint density at radius 2 is 1.93 bits per heavy atom. The zero-order valence-electron chi connectivity index (χ0n) is 8.28. The number of halogens is 3. The van der Waals surface area contributed by atoms with Gasteiger partial charge in [0.1, 0.15) is 0 Å². The average Bonchev–Trinajstić information content (AvgIpc) is 2.11. The Hall–Kier alpha value is -0.440. The van der Waals surface area contributed by atoms with E-state index in [9.17, 15) is 8.78 Å². The lowest BCUT2D eigenvalue weighted by Gasteiger charge is -2.08. The lowest BCUT2D eigenvalue weighted by molar-refractivity contribution is 0.488. The van der Waals surface area contributed by atoms with Crippen LogP contribution in [0.3, 0.4) is 0 Å². The van der Waals surface area contributed by atoms with Gasteiger partial charge in [-0.1, -0.05) is 35.8 Å². The second-order valence-electron chi connectivity index (χ2n) is 3.78. The van der Waals surface area contributed by atoms with Crippen LogP contribution in [0.15, 0.2) is 12.1 Å². The molecule has 0 spiro atoms. The summed E-state index contributed by atoms with van der Waals surface area (Å²) in [6.45, 7) is 3.97. The molecule has 0 fully saturated rings. The molecule has 0 aliphatic rings. The van der Waals surface area contributed by atoms with Gasteiger partial charge in [-0.05, 0) is 29.5 Å². The molecule has 1 aromatic carbocycles. The first kappa shape index (κ1) is 11.6. The largest absolute Gasteiger partial charge is 0.204 e. The van der Waals surface area contributed by atoms with Crippen LogP contribution in [0.1, 0.15) is 25.0 Å². The molecule has 0 radical (unpaired) electrons. The van der Waals surface area contributed by atoms with Gasteiger partial charge in [-0.2, -0.15) is 0 Å². The third kappa shape index (κ3) is 2.77. The SMILES string of the molecule is CC(C)Cc1cc(CBr)cc(F)c1F. The van der Waals surface area contributed by atoms with Crippen LogP contribution >= 0.6 is 15.9 Å². The molecule has 0 heterocycles. The van der Waals surface area contributed by atoms with Crippen LogP contribution in [0.2, 0.25) is 0 Å². The van der Waals surface area contributed by atoms with Crippen LogP contribution in [0.4, 0.5) is 8.78 Å². The molecule has 0 atom stereocenters. The zero-order valence-corrected chi connectivity index (χ0v) is 9.87. The van der Waals surface area contributed by atoms with Crippen molar-refractivity contribution in [1.29, 1.82) is 0 Å². The van der Waals surface area contributed by atoms with Crippen LogP contribution in [-0.2, 0) is 11.8 Å². The molecule has 0 N–H and O–H groups in total. The van der Waals surface area contributed by atoms with Crippen molar-refractivity contribution >= 4 is 15.9 Å². The Bertz CT molecular complexity index is 321. The molecule has 78 valence electrons. The molecule has 0 saturated carbocycles. The van der Waals surface area contributed by atoms with E-state index in [1.807, 2.05) is 13.8 Å². The van der Waals surface area contributed by atoms with Gasteiger partial charge in [-0.15, -0.1) is 0 Å². The third-order valence-electron chi connectivity index (χ3n) is 1.95. The van der Waals surface area contributed by atoms with Gasteiger partial charge < -0.3 is 0 Å². The van der Waals surface area contributed by atoms with Crippen molar-refractivity contribution in [2.45, 2.75) is 25.6 Å². The molecule has 0 nitrogen and oxygen atoms in total. The summed E-state index contributed by atoms with van der Waals surface area (Å²) < 4.78 is 26.4. The lowest BCUT2D eigenvalue weighted by atomic mass is 10.0. The minimum Gasteiger partial charge on any atom is -0.204 e. The molecule has 1 rings (SSSR count). The highest BCUT2D eigenvalue weighted by Crippen LogP contribution is 2.19. The quantitative estimate of drug-likeness (QED) is 0.721. The minimum atomic E-state index is -0.752. The maximum absolute atomic E-state index is 13.3. The highest BCUT2D eigenvalue weighted by atomic mass is 79.9. The Morgan fingerprint density at radius 3 is 2.43 bits per heavy atom. The van der Waals surface area contributed by atoms with Crippen LogP contribution in [0, 0.1) is 17.6 Å². The van der Waals surface area contributed by atoms with Gasteiger partial charge in [0.15, 0.2) is 11.6 Å². The van der Waals surface area contributed by atoms with E-state index in [0.29, 0.717) is 23.2 Å². The average molecular weight is 263 g/mol. The first-order chi connectivity index (χ1) is 6.54. The molecule has 0 aliphatic carbocycles. The third-order valence-corrected chi connectivity index (χ3v) is 2.59. The lowest BCUT2D eigenvalue weighted by Crippen LogP contribution is -2.01. The number of hydrogen-bond acceptors (Lipinski definition) is 0. The molecule has 0 amide bonds. The Balaban J connectivity index is 3.07. The van der Waals surface area contributed by atoms with Crippen LogP contribution in [0.5, 0.6) is 0 Å². The van der Waals surface area contributed by atoms with Gasteiger partial charge >= 0.3 is 0 Å². The summed E-state index contributed by atoms with van der Waals surface area (Å²) in [4.78, 5) is 0. The van der Waals surface area contributed by atoms with E-state index < -0.39 is 11.6 Å². The highest BCUT2D eigenvalue weighted by molar-refractivity contribution is 9.08. The molecule has 0 aliphatic heterocycles. The summed E-state index contributed by atoms with van der Waals surface area (Å²) in [5.74, 6) is -1.13. The standard InChI is InChI=1S/C11H13BrF2/c1-7(2)3-9-4-8(6-12)5-10(13)11(9)14/h4-5,7H,3,6H2,1-2H3. The normalized spacial score (nSPS) is 11.0. The summed E-state index contributed by atoms with van der Waals surface area (Å²) in [6.07, 6.45) is 0.573. The van der Waals surface area contributed by atoms with Crippen LogP contribution in [0.25, 0.3) is 0 Å². The zero-order chi connectivity index (χ0) is 10.7. The van der Waals surface area contributed by atoms with E-state index >= 15 is 0 Å². The predicted octanol–water partition coefficient (Wildman–Crippen LogP) is 4.06. The molecule has 0 saturated heterocycles. The van der Waals surface area contributed by atoms with Gasteiger partial charge in [-0.25, -0.2) is 8.78 Å². The van der Waals surface area contributed by atoms with Gasteiger partial charge in [-0.3, -0.25) is 0 Å². The number of hydrogen-bond donors (Lipinski definition) is 0. The minimum absolute atomic E-state index is 0.328. The Labute approximate surface area is 91.5 Å². The van der Waals surface area contributed by atoms with Crippen molar-refractivity contribution in [2.24, 2.45) is 5.92 Å². The predicted molar refractivity (Wildman–Crippen MR) is 57.5 cm³/mol. The first-order valence-electron chi connectivity index (χ1n) is 4.57. The topological polar surface area (TPSA) is 0 Å². The molecular formula is C11H13BrF2. The van der Waals surface area contributed by atoms with E-state index in [1.54, 1.807) is 6.07 Å². The van der Waals surface area contributed by atoms with E-state index in [4.69, 9.17) is 0 Å². The fraction of sp³-hybridized carbons (Fsp3) is 0.455. The molecule has 0 aromatic heterocycles. The summed E-state index contributed by atoms with van der Waals surface area (Å²) >= 11 is 3.23.